The predicted octanol–water partition coefficient (Wildman–Crippen LogP) is 4.03. The molecule has 0 atom stereocenters. The third kappa shape index (κ3) is 6.60. The number of aromatic nitrogens is 2. The zero-order valence-electron chi connectivity index (χ0n) is 25.0. The number of piperidine rings is 1. The minimum Gasteiger partial charge on any atom is -0.466 e. The van der Waals surface area contributed by atoms with E-state index in [1.165, 1.54) is 22.5 Å². The van der Waals surface area contributed by atoms with Gasteiger partial charge in [-0.25, -0.2) is 4.79 Å². The van der Waals surface area contributed by atoms with Gasteiger partial charge >= 0.3 is 11.7 Å². The lowest BCUT2D eigenvalue weighted by Crippen LogP contribution is -2.44. The van der Waals surface area contributed by atoms with Crippen LogP contribution < -0.4 is 21.0 Å². The average molecular weight is 592 g/mol. The minimum atomic E-state index is -0.285. The van der Waals surface area contributed by atoms with Gasteiger partial charge in [-0.15, -0.1) is 0 Å². The van der Waals surface area contributed by atoms with Crippen molar-refractivity contribution in [3.8, 4) is 0 Å². The van der Waals surface area contributed by atoms with Gasteiger partial charge in [0, 0.05) is 56.1 Å². The zero-order chi connectivity index (χ0) is 29.8. The second-order valence-electron chi connectivity index (χ2n) is 11.3. The van der Waals surface area contributed by atoms with Crippen molar-refractivity contribution in [3.63, 3.8) is 0 Å². The molecule has 0 aliphatic carbocycles. The first-order valence-electron chi connectivity index (χ1n) is 14.8. The Bertz CT molecular complexity index is 1540. The van der Waals surface area contributed by atoms with Crippen LogP contribution in [0.15, 0.2) is 67.9 Å². The second-order valence-corrected chi connectivity index (χ2v) is 12.4. The van der Waals surface area contributed by atoms with Crippen LogP contribution in [0.1, 0.15) is 31.7 Å². The molecule has 0 amide bonds. The summed E-state index contributed by atoms with van der Waals surface area (Å²) in [6.45, 7) is 6.79. The molecule has 0 unspecified atom stereocenters. The quantitative estimate of drug-likeness (QED) is 0.327. The molecule has 42 heavy (non-hydrogen) atoms. The van der Waals surface area contributed by atoms with Gasteiger partial charge in [-0.05, 0) is 75.5 Å². The van der Waals surface area contributed by atoms with Crippen LogP contribution in [-0.4, -0.2) is 66.4 Å². The zero-order valence-corrected chi connectivity index (χ0v) is 25.9. The number of rotatable bonds is 10. The van der Waals surface area contributed by atoms with Gasteiger partial charge < -0.3 is 19.4 Å². The van der Waals surface area contributed by atoms with Crippen LogP contribution in [0, 0.1) is 5.92 Å². The molecule has 224 valence electrons. The largest absolute Gasteiger partial charge is 0.466 e. The maximum absolute atomic E-state index is 12.4. The molecule has 1 fully saturated rings. The first-order valence-corrected chi connectivity index (χ1v) is 15.6. The second kappa shape index (κ2) is 13.2. The lowest BCUT2D eigenvalue weighted by Gasteiger charge is -2.36. The van der Waals surface area contributed by atoms with Crippen LogP contribution in [0.3, 0.4) is 0 Å². The van der Waals surface area contributed by atoms with E-state index >= 15 is 0 Å². The molecule has 0 saturated carbocycles. The number of nitrogens with zero attached hydrogens (tertiary/aromatic N) is 5. The molecule has 3 aromatic rings. The average Bonchev–Trinajstić information content (AvgIpc) is 2.98. The minimum absolute atomic E-state index is 0.197. The van der Waals surface area contributed by atoms with E-state index in [0.29, 0.717) is 18.3 Å². The van der Waals surface area contributed by atoms with Crippen molar-refractivity contribution >= 4 is 34.9 Å². The van der Waals surface area contributed by atoms with E-state index in [4.69, 9.17) is 4.74 Å². The summed E-state index contributed by atoms with van der Waals surface area (Å²) < 4.78 is 7.90. The highest BCUT2D eigenvalue weighted by atomic mass is 32.2. The molecule has 1 aromatic heterocycles. The molecule has 2 aliphatic rings. The van der Waals surface area contributed by atoms with E-state index in [9.17, 15) is 14.4 Å². The van der Waals surface area contributed by atoms with Gasteiger partial charge in [0.15, 0.2) is 0 Å². The van der Waals surface area contributed by atoms with Crippen LogP contribution in [0.2, 0.25) is 0 Å². The first-order chi connectivity index (χ1) is 20.2. The van der Waals surface area contributed by atoms with Crippen LogP contribution in [0.25, 0.3) is 0 Å². The number of ether oxygens (including phenoxy) is 1. The molecule has 0 radical (unpaired) electrons. The molecule has 0 spiro atoms. The molecular weight excluding hydrogens is 550 g/mol. The normalized spacial score (nSPS) is 15.1. The van der Waals surface area contributed by atoms with Gasteiger partial charge in [-0.3, -0.25) is 18.7 Å². The molecule has 10 heteroatoms. The SMILES string of the molecule is CCOC(=O)Cc1ccc2c(c1)N(CCCN(C)CC1CCN(c3cc(=O)n(C)c(=O)n3C)CC1)c1ccccc1S2. The number of anilines is 3. The number of para-hydroxylation sites is 1. The number of hydrogen-bond acceptors (Lipinski definition) is 8. The monoisotopic (exact) mass is 591 g/mol. The number of esters is 1. The Labute approximate surface area is 251 Å². The third-order valence-electron chi connectivity index (χ3n) is 8.27. The number of carbonyl (C=O) groups excluding carboxylic acids is 1. The summed E-state index contributed by atoms with van der Waals surface area (Å²) in [6.07, 6.45) is 3.34. The Morgan fingerprint density at radius 3 is 2.50 bits per heavy atom. The van der Waals surface area contributed by atoms with E-state index in [-0.39, 0.29) is 23.6 Å². The summed E-state index contributed by atoms with van der Waals surface area (Å²) >= 11 is 1.78. The van der Waals surface area contributed by atoms with E-state index in [1.807, 2.05) is 13.0 Å². The van der Waals surface area contributed by atoms with Crippen molar-refractivity contribution in [2.24, 2.45) is 20.0 Å². The van der Waals surface area contributed by atoms with E-state index in [2.05, 4.69) is 58.1 Å². The Morgan fingerprint density at radius 2 is 1.74 bits per heavy atom. The fraction of sp³-hybridized carbons (Fsp3) is 0.469. The molecule has 5 rings (SSSR count). The van der Waals surface area contributed by atoms with Gasteiger partial charge in [0.05, 0.1) is 24.4 Å². The Kier molecular flexibility index (Phi) is 9.43. The Morgan fingerprint density at radius 1 is 1.00 bits per heavy atom. The Balaban J connectivity index is 1.18. The molecule has 2 aliphatic heterocycles. The lowest BCUT2D eigenvalue weighted by molar-refractivity contribution is -0.142. The predicted molar refractivity (Wildman–Crippen MR) is 168 cm³/mol. The lowest BCUT2D eigenvalue weighted by atomic mass is 9.96. The number of fused-ring (bicyclic) bond motifs is 2. The molecule has 2 aromatic carbocycles. The van der Waals surface area contributed by atoms with Crippen LogP contribution in [-0.2, 0) is 30.0 Å². The highest BCUT2D eigenvalue weighted by Gasteiger charge is 2.25. The van der Waals surface area contributed by atoms with Crippen LogP contribution in [0.4, 0.5) is 17.2 Å². The molecule has 3 heterocycles. The van der Waals surface area contributed by atoms with E-state index < -0.39 is 0 Å². The summed E-state index contributed by atoms with van der Waals surface area (Å²) in [5.74, 6) is 1.09. The molecule has 1 saturated heterocycles. The fourth-order valence-electron chi connectivity index (χ4n) is 6.00. The van der Waals surface area contributed by atoms with Crippen molar-refractivity contribution in [2.45, 2.75) is 42.4 Å². The van der Waals surface area contributed by atoms with Gasteiger partial charge in [-0.2, -0.15) is 0 Å². The van der Waals surface area contributed by atoms with Gasteiger partial charge in [-0.1, -0.05) is 30.0 Å². The molecular formula is C32H41N5O4S. The number of carbonyl (C=O) groups is 1. The Hall–Kier alpha value is -3.50. The van der Waals surface area contributed by atoms with Crippen molar-refractivity contribution < 1.29 is 9.53 Å². The number of benzene rings is 2. The summed E-state index contributed by atoms with van der Waals surface area (Å²) in [5.41, 5.74) is 2.79. The summed E-state index contributed by atoms with van der Waals surface area (Å²) in [4.78, 5) is 46.1. The number of hydrogen-bond donors (Lipinski definition) is 0. The standard InChI is InChI=1S/C32H41N5O4S/c1-5-41-31(39)20-24-11-12-28-26(19-24)37(25-9-6-7-10-27(25)42-28)16-8-15-33(2)22-23-13-17-36(18-14-23)29-21-30(38)35(4)32(40)34(29)3/h6-7,9-12,19,21,23H,5,8,13-18,20,22H2,1-4H3. The smallest absolute Gasteiger partial charge is 0.332 e. The van der Waals surface area contributed by atoms with Crippen molar-refractivity contribution in [2.75, 3.05) is 56.2 Å². The van der Waals surface area contributed by atoms with Crippen molar-refractivity contribution in [1.82, 2.24) is 14.0 Å². The highest BCUT2D eigenvalue weighted by Crippen LogP contribution is 2.48. The van der Waals surface area contributed by atoms with E-state index in [1.54, 1.807) is 29.4 Å². The molecule has 0 bridgehead atoms. The van der Waals surface area contributed by atoms with E-state index in [0.717, 1.165) is 67.8 Å². The summed E-state index contributed by atoms with van der Waals surface area (Å²) in [6, 6.07) is 16.4. The molecule has 9 nitrogen and oxygen atoms in total. The van der Waals surface area contributed by atoms with Crippen LogP contribution in [0.5, 0.6) is 0 Å². The topological polar surface area (TPSA) is 80.0 Å². The maximum Gasteiger partial charge on any atom is 0.332 e. The van der Waals surface area contributed by atoms with Crippen molar-refractivity contribution in [1.29, 1.82) is 0 Å². The van der Waals surface area contributed by atoms with Gasteiger partial charge in [0.1, 0.15) is 5.82 Å². The summed E-state index contributed by atoms with van der Waals surface area (Å²) in [7, 11) is 5.44. The summed E-state index contributed by atoms with van der Waals surface area (Å²) in [5, 5.41) is 0. The third-order valence-corrected chi connectivity index (χ3v) is 9.40. The maximum atomic E-state index is 12.4. The first kappa shape index (κ1) is 30.0. The van der Waals surface area contributed by atoms with Gasteiger partial charge in [0.2, 0.25) is 0 Å². The molecule has 0 N–H and O–H groups in total. The highest BCUT2D eigenvalue weighted by molar-refractivity contribution is 7.99. The van der Waals surface area contributed by atoms with Crippen LogP contribution >= 0.6 is 11.8 Å². The van der Waals surface area contributed by atoms with Gasteiger partial charge in [0.25, 0.3) is 5.56 Å². The fourth-order valence-corrected chi connectivity index (χ4v) is 7.08. The van der Waals surface area contributed by atoms with Crippen molar-refractivity contribution in [3.05, 3.63) is 74.9 Å².